The number of methoxy groups -OCH3 is 1. The molecule has 0 aliphatic rings. The summed E-state index contributed by atoms with van der Waals surface area (Å²) in [5.74, 6) is -0.511. The van der Waals surface area contributed by atoms with Crippen LogP contribution in [0.5, 0.6) is 5.75 Å². The number of nitrogens with one attached hydrogen (secondary N) is 2. The van der Waals surface area contributed by atoms with Gasteiger partial charge in [-0.25, -0.2) is 9.37 Å². The second-order valence-electron chi connectivity index (χ2n) is 5.03. The Balaban J connectivity index is 2.06. The minimum Gasteiger partial charge on any atom is -0.494 e. The van der Waals surface area contributed by atoms with Gasteiger partial charge in [0.15, 0.2) is 5.16 Å². The van der Waals surface area contributed by atoms with Crippen LogP contribution in [0.1, 0.15) is 17.7 Å². The Hall–Kier alpha value is -2.35. The van der Waals surface area contributed by atoms with Gasteiger partial charge in [-0.2, -0.15) is 0 Å². The van der Waals surface area contributed by atoms with E-state index in [1.165, 1.54) is 37.1 Å². The Bertz CT molecular complexity index is 808. The Morgan fingerprint density at radius 2 is 2.21 bits per heavy atom. The lowest BCUT2D eigenvalue weighted by molar-refractivity contribution is -0.116. The number of H-pyrrole nitrogens is 1. The van der Waals surface area contributed by atoms with Crippen LogP contribution in [0.15, 0.2) is 28.2 Å². The highest BCUT2D eigenvalue weighted by atomic mass is 32.2. The number of anilines is 1. The lowest BCUT2D eigenvalue weighted by Crippen LogP contribution is -2.20. The molecule has 2 aromatic rings. The lowest BCUT2D eigenvalue weighted by atomic mass is 10.1. The molecule has 2 rings (SSSR count). The van der Waals surface area contributed by atoms with Crippen molar-refractivity contribution in [1.82, 2.24) is 9.97 Å². The van der Waals surface area contributed by atoms with Crippen molar-refractivity contribution in [2.75, 3.05) is 18.7 Å². The number of aromatic amines is 1. The van der Waals surface area contributed by atoms with E-state index in [0.717, 1.165) is 0 Å². The van der Waals surface area contributed by atoms with Crippen LogP contribution >= 0.6 is 11.8 Å². The van der Waals surface area contributed by atoms with Gasteiger partial charge in [0, 0.05) is 23.7 Å². The summed E-state index contributed by atoms with van der Waals surface area (Å²) in [7, 11) is 1.40. The first-order valence-electron chi connectivity index (χ1n) is 7.21. The molecule has 0 bridgehead atoms. The largest absolute Gasteiger partial charge is 0.494 e. The molecule has 6 nitrogen and oxygen atoms in total. The Morgan fingerprint density at radius 1 is 1.46 bits per heavy atom. The average molecular weight is 351 g/mol. The fraction of sp³-hybridized carbons (Fsp3) is 0.312. The van der Waals surface area contributed by atoms with Crippen LogP contribution in [0.2, 0.25) is 0 Å². The third kappa shape index (κ3) is 4.35. The molecule has 0 saturated carbocycles. The van der Waals surface area contributed by atoms with Gasteiger partial charge in [-0.05, 0) is 31.7 Å². The molecule has 0 spiro atoms. The van der Waals surface area contributed by atoms with Gasteiger partial charge in [0.05, 0.1) is 12.8 Å². The van der Waals surface area contributed by atoms with Crippen LogP contribution in [0, 0.1) is 12.7 Å². The van der Waals surface area contributed by atoms with E-state index in [-0.39, 0.29) is 30.1 Å². The summed E-state index contributed by atoms with van der Waals surface area (Å²) in [6.45, 7) is 1.74. The van der Waals surface area contributed by atoms with Crippen LogP contribution in [0.3, 0.4) is 0 Å². The summed E-state index contributed by atoms with van der Waals surface area (Å²) in [6, 6.07) is 3.85. The van der Waals surface area contributed by atoms with Crippen molar-refractivity contribution in [3.63, 3.8) is 0 Å². The number of rotatable bonds is 6. The van der Waals surface area contributed by atoms with Gasteiger partial charge in [0.2, 0.25) is 5.91 Å². The van der Waals surface area contributed by atoms with Crippen molar-refractivity contribution in [2.45, 2.75) is 24.9 Å². The lowest BCUT2D eigenvalue weighted by Gasteiger charge is -2.10. The first-order chi connectivity index (χ1) is 11.4. The van der Waals surface area contributed by atoms with E-state index in [1.54, 1.807) is 6.92 Å². The fourth-order valence-electron chi connectivity index (χ4n) is 2.20. The zero-order chi connectivity index (χ0) is 17.7. The zero-order valence-corrected chi connectivity index (χ0v) is 14.4. The number of amides is 1. The number of benzene rings is 1. The highest BCUT2D eigenvalue weighted by Gasteiger charge is 2.12. The quantitative estimate of drug-likeness (QED) is 0.617. The SMILES string of the molecule is COc1cc(F)ccc1NC(=O)CCc1c(C)nc(SC)[nH]c1=O. The molecule has 8 heteroatoms. The summed E-state index contributed by atoms with van der Waals surface area (Å²) in [5, 5.41) is 3.20. The number of nitrogens with zero attached hydrogens (tertiary/aromatic N) is 1. The van der Waals surface area contributed by atoms with E-state index in [9.17, 15) is 14.0 Å². The van der Waals surface area contributed by atoms with Gasteiger partial charge in [-0.3, -0.25) is 9.59 Å². The molecule has 0 atom stereocenters. The number of hydrogen-bond acceptors (Lipinski definition) is 5. The molecule has 1 aromatic carbocycles. The molecule has 1 aromatic heterocycles. The Kier molecular flexibility index (Phi) is 5.97. The maximum Gasteiger partial charge on any atom is 0.254 e. The molecule has 2 N–H and O–H groups in total. The molecular weight excluding hydrogens is 333 g/mol. The predicted octanol–water partition coefficient (Wildman–Crippen LogP) is 2.52. The third-order valence-corrected chi connectivity index (χ3v) is 4.01. The molecule has 0 saturated heterocycles. The van der Waals surface area contributed by atoms with Crippen LogP contribution in [-0.4, -0.2) is 29.2 Å². The number of carbonyl (C=O) groups excluding carboxylic acids is 1. The molecule has 0 fully saturated rings. The minimum absolute atomic E-state index is 0.102. The predicted molar refractivity (Wildman–Crippen MR) is 91.3 cm³/mol. The number of thioether (sulfide) groups is 1. The number of aryl methyl sites for hydroxylation is 1. The van der Waals surface area contributed by atoms with E-state index in [2.05, 4.69) is 15.3 Å². The smallest absolute Gasteiger partial charge is 0.254 e. The highest BCUT2D eigenvalue weighted by molar-refractivity contribution is 7.98. The molecular formula is C16H18FN3O3S. The zero-order valence-electron chi connectivity index (χ0n) is 13.6. The van der Waals surface area contributed by atoms with Crippen molar-refractivity contribution in [3.8, 4) is 5.75 Å². The molecule has 0 unspecified atom stereocenters. The molecule has 0 aliphatic heterocycles. The first kappa shape index (κ1) is 18.0. The number of ether oxygens (including phenoxy) is 1. The van der Waals surface area contributed by atoms with Gasteiger partial charge in [0.1, 0.15) is 11.6 Å². The Morgan fingerprint density at radius 3 is 2.83 bits per heavy atom. The van der Waals surface area contributed by atoms with E-state index in [1.807, 2.05) is 6.26 Å². The normalized spacial score (nSPS) is 10.5. The summed E-state index contributed by atoms with van der Waals surface area (Å²) in [6.07, 6.45) is 2.18. The summed E-state index contributed by atoms with van der Waals surface area (Å²) in [5.41, 5.74) is 1.23. The van der Waals surface area contributed by atoms with Crippen molar-refractivity contribution >= 4 is 23.4 Å². The van der Waals surface area contributed by atoms with E-state index >= 15 is 0 Å². The average Bonchev–Trinajstić information content (AvgIpc) is 2.55. The third-order valence-electron chi connectivity index (χ3n) is 3.43. The fourth-order valence-corrected chi connectivity index (χ4v) is 2.62. The van der Waals surface area contributed by atoms with Gasteiger partial charge < -0.3 is 15.0 Å². The van der Waals surface area contributed by atoms with Gasteiger partial charge in [0.25, 0.3) is 5.56 Å². The maximum atomic E-state index is 13.2. The number of halogens is 1. The van der Waals surface area contributed by atoms with E-state index in [0.29, 0.717) is 22.1 Å². The molecule has 24 heavy (non-hydrogen) atoms. The van der Waals surface area contributed by atoms with Crippen LogP contribution in [0.25, 0.3) is 0 Å². The topological polar surface area (TPSA) is 84.1 Å². The van der Waals surface area contributed by atoms with Crippen molar-refractivity contribution in [1.29, 1.82) is 0 Å². The first-order valence-corrected chi connectivity index (χ1v) is 8.44. The van der Waals surface area contributed by atoms with Gasteiger partial charge in [-0.15, -0.1) is 0 Å². The molecule has 1 heterocycles. The van der Waals surface area contributed by atoms with Crippen molar-refractivity contribution in [2.24, 2.45) is 0 Å². The minimum atomic E-state index is -0.452. The highest BCUT2D eigenvalue weighted by Crippen LogP contribution is 2.25. The van der Waals surface area contributed by atoms with E-state index < -0.39 is 5.82 Å². The standard InChI is InChI=1S/C16H18FN3O3S/c1-9-11(15(22)20-16(18-9)24-3)5-7-14(21)19-12-6-4-10(17)8-13(12)23-2/h4,6,8H,5,7H2,1-3H3,(H,19,21)(H,18,20,22). The summed E-state index contributed by atoms with van der Waals surface area (Å²) in [4.78, 5) is 31.0. The molecule has 128 valence electrons. The second-order valence-corrected chi connectivity index (χ2v) is 5.83. The number of hydrogen-bond donors (Lipinski definition) is 2. The summed E-state index contributed by atoms with van der Waals surface area (Å²) >= 11 is 1.35. The van der Waals surface area contributed by atoms with Crippen LogP contribution in [-0.2, 0) is 11.2 Å². The van der Waals surface area contributed by atoms with E-state index in [4.69, 9.17) is 4.74 Å². The second kappa shape index (κ2) is 7.96. The summed E-state index contributed by atoms with van der Waals surface area (Å²) < 4.78 is 18.2. The Labute approximate surface area is 142 Å². The van der Waals surface area contributed by atoms with Crippen molar-refractivity contribution in [3.05, 3.63) is 45.6 Å². The monoisotopic (exact) mass is 351 g/mol. The van der Waals surface area contributed by atoms with Crippen LogP contribution in [0.4, 0.5) is 10.1 Å². The van der Waals surface area contributed by atoms with Gasteiger partial charge >= 0.3 is 0 Å². The van der Waals surface area contributed by atoms with Crippen LogP contribution < -0.4 is 15.6 Å². The van der Waals surface area contributed by atoms with Gasteiger partial charge in [-0.1, -0.05) is 11.8 Å². The van der Waals surface area contributed by atoms with Crippen molar-refractivity contribution < 1.29 is 13.9 Å². The molecule has 0 aliphatic carbocycles. The number of aromatic nitrogens is 2. The number of carbonyl (C=O) groups is 1. The maximum absolute atomic E-state index is 13.2. The molecule has 1 amide bonds. The molecule has 0 radical (unpaired) electrons.